The minimum absolute atomic E-state index is 0.00611. The molecule has 0 bridgehead atoms. The van der Waals surface area contributed by atoms with Gasteiger partial charge in [0, 0.05) is 42.9 Å². The van der Waals surface area contributed by atoms with Crippen molar-refractivity contribution in [3.8, 4) is 11.3 Å². The van der Waals surface area contributed by atoms with Crippen molar-refractivity contribution in [3.63, 3.8) is 0 Å². The van der Waals surface area contributed by atoms with Crippen molar-refractivity contribution in [2.24, 2.45) is 11.8 Å². The molecule has 166 valence electrons. The van der Waals surface area contributed by atoms with E-state index >= 15 is 0 Å². The Morgan fingerprint density at radius 2 is 2.03 bits per heavy atom. The Balaban J connectivity index is 1.44. The number of nitrogens with one attached hydrogen (secondary N) is 1. The zero-order chi connectivity index (χ0) is 22.1. The molecular formula is C22H25F2N3O4. The van der Waals surface area contributed by atoms with Crippen LogP contribution in [0.1, 0.15) is 43.2 Å². The molecule has 1 amide bonds. The summed E-state index contributed by atoms with van der Waals surface area (Å²) < 4.78 is 32.1. The van der Waals surface area contributed by atoms with E-state index < -0.39 is 35.5 Å². The second-order valence-corrected chi connectivity index (χ2v) is 8.48. The van der Waals surface area contributed by atoms with Crippen LogP contribution in [0.25, 0.3) is 11.3 Å². The number of aromatic nitrogens is 1. The summed E-state index contributed by atoms with van der Waals surface area (Å²) in [5.41, 5.74) is 0.0640. The predicted molar refractivity (Wildman–Crippen MR) is 107 cm³/mol. The molecule has 31 heavy (non-hydrogen) atoms. The lowest BCUT2D eigenvalue weighted by Crippen LogP contribution is -2.56. The number of aliphatic carboxylic acids is 1. The van der Waals surface area contributed by atoms with E-state index in [1.165, 1.54) is 12.1 Å². The SMILES string of the molecule is CC1CCCC1N1CC[C@@H](NC(=O)c2cc(-c3ccc(F)cc3F)no2)[C@H](C(=O)O)C1. The van der Waals surface area contributed by atoms with E-state index in [1.54, 1.807) is 0 Å². The first-order chi connectivity index (χ1) is 14.8. The summed E-state index contributed by atoms with van der Waals surface area (Å²) in [5, 5.41) is 16.2. The first-order valence-corrected chi connectivity index (χ1v) is 10.5. The number of likely N-dealkylation sites (tertiary alicyclic amines) is 1. The van der Waals surface area contributed by atoms with Crippen molar-refractivity contribution < 1.29 is 28.0 Å². The summed E-state index contributed by atoms with van der Waals surface area (Å²) in [6, 6.07) is 4.12. The summed E-state index contributed by atoms with van der Waals surface area (Å²) >= 11 is 0. The molecule has 1 saturated heterocycles. The van der Waals surface area contributed by atoms with Crippen LogP contribution in [0.2, 0.25) is 0 Å². The van der Waals surface area contributed by atoms with E-state index in [2.05, 4.69) is 22.3 Å². The second-order valence-electron chi connectivity index (χ2n) is 8.48. The third kappa shape index (κ3) is 4.46. The van der Waals surface area contributed by atoms with E-state index in [1.807, 2.05) is 0 Å². The average molecular weight is 433 g/mol. The van der Waals surface area contributed by atoms with Crippen molar-refractivity contribution in [2.75, 3.05) is 13.1 Å². The molecule has 1 aliphatic heterocycles. The monoisotopic (exact) mass is 433 g/mol. The van der Waals surface area contributed by atoms with Gasteiger partial charge in [0.2, 0.25) is 5.76 Å². The molecule has 1 saturated carbocycles. The van der Waals surface area contributed by atoms with Crippen molar-refractivity contribution in [1.29, 1.82) is 0 Å². The van der Waals surface area contributed by atoms with Gasteiger partial charge in [0.15, 0.2) is 0 Å². The standard InChI is InChI=1S/C22H25F2N3O4/c1-12-3-2-4-19(12)27-8-7-17(15(11-27)22(29)30)25-21(28)20-10-18(26-31-20)14-6-5-13(23)9-16(14)24/h5-6,9-10,12,15,17,19H,2-4,7-8,11H2,1H3,(H,25,28)(H,29,30)/t12?,15-,17-,19?/m1/s1. The Hall–Kier alpha value is -2.81. The zero-order valence-corrected chi connectivity index (χ0v) is 17.2. The summed E-state index contributed by atoms with van der Waals surface area (Å²) in [6.45, 7) is 3.30. The molecule has 9 heteroatoms. The lowest BCUT2D eigenvalue weighted by Gasteiger charge is -2.41. The smallest absolute Gasteiger partial charge is 0.309 e. The number of carboxylic acid groups (broad SMARTS) is 1. The Labute approximate surface area is 178 Å². The summed E-state index contributed by atoms with van der Waals surface area (Å²) in [4.78, 5) is 26.8. The van der Waals surface area contributed by atoms with Crippen LogP contribution in [0.3, 0.4) is 0 Å². The minimum atomic E-state index is -0.952. The lowest BCUT2D eigenvalue weighted by atomic mass is 9.89. The maximum absolute atomic E-state index is 14.0. The molecule has 2 unspecified atom stereocenters. The maximum Gasteiger partial charge on any atom is 0.309 e. The van der Waals surface area contributed by atoms with Crippen LogP contribution >= 0.6 is 0 Å². The van der Waals surface area contributed by atoms with Crippen LogP contribution in [0.15, 0.2) is 28.8 Å². The van der Waals surface area contributed by atoms with Crippen LogP contribution in [0.4, 0.5) is 8.78 Å². The number of piperidine rings is 1. The summed E-state index contributed by atoms with van der Waals surface area (Å²) in [6.07, 6.45) is 3.90. The molecule has 1 aliphatic carbocycles. The molecule has 4 rings (SSSR count). The number of hydrogen-bond donors (Lipinski definition) is 2. The van der Waals surface area contributed by atoms with E-state index in [4.69, 9.17) is 4.52 Å². The highest BCUT2D eigenvalue weighted by atomic mass is 19.1. The fourth-order valence-electron chi connectivity index (χ4n) is 4.82. The Kier molecular flexibility index (Phi) is 6.04. The molecule has 1 aromatic carbocycles. The topological polar surface area (TPSA) is 95.7 Å². The van der Waals surface area contributed by atoms with Crippen LogP contribution < -0.4 is 5.32 Å². The Bertz CT molecular complexity index is 979. The first-order valence-electron chi connectivity index (χ1n) is 10.5. The van der Waals surface area contributed by atoms with Gasteiger partial charge in [0.05, 0.1) is 5.92 Å². The lowest BCUT2D eigenvalue weighted by molar-refractivity contribution is -0.145. The number of nitrogens with zero attached hydrogens (tertiary/aromatic N) is 2. The number of halogens is 2. The number of carbonyl (C=O) groups is 2. The molecule has 7 nitrogen and oxygen atoms in total. The van der Waals surface area contributed by atoms with E-state index in [0.717, 1.165) is 31.4 Å². The third-order valence-electron chi connectivity index (χ3n) is 6.50. The van der Waals surface area contributed by atoms with Gasteiger partial charge in [-0.15, -0.1) is 0 Å². The molecule has 2 aliphatic rings. The van der Waals surface area contributed by atoms with Crippen molar-refractivity contribution >= 4 is 11.9 Å². The maximum atomic E-state index is 14.0. The molecule has 2 N–H and O–H groups in total. The van der Waals surface area contributed by atoms with Crippen LogP contribution in [0.5, 0.6) is 0 Å². The minimum Gasteiger partial charge on any atom is -0.481 e. The number of hydrogen-bond acceptors (Lipinski definition) is 5. The Morgan fingerprint density at radius 1 is 1.23 bits per heavy atom. The van der Waals surface area contributed by atoms with Crippen LogP contribution in [-0.2, 0) is 4.79 Å². The molecular weight excluding hydrogens is 408 g/mol. The summed E-state index contributed by atoms with van der Waals surface area (Å²) in [5.74, 6) is -3.45. The number of carboxylic acids is 1. The molecule has 0 radical (unpaired) electrons. The molecule has 0 spiro atoms. The highest BCUT2D eigenvalue weighted by Crippen LogP contribution is 2.32. The third-order valence-corrected chi connectivity index (χ3v) is 6.50. The normalized spacial score (nSPS) is 26.7. The van der Waals surface area contributed by atoms with E-state index in [0.29, 0.717) is 31.5 Å². The highest BCUT2D eigenvalue weighted by Gasteiger charge is 2.40. The molecule has 2 fully saturated rings. The van der Waals surface area contributed by atoms with Gasteiger partial charge in [-0.05, 0) is 37.3 Å². The number of benzene rings is 1. The van der Waals surface area contributed by atoms with Crippen LogP contribution in [0, 0.1) is 23.5 Å². The summed E-state index contributed by atoms with van der Waals surface area (Å²) in [7, 11) is 0. The van der Waals surface area contributed by atoms with E-state index in [-0.39, 0.29) is 17.0 Å². The van der Waals surface area contributed by atoms with Crippen molar-refractivity contribution in [1.82, 2.24) is 15.4 Å². The second kappa shape index (κ2) is 8.74. The van der Waals surface area contributed by atoms with Gasteiger partial charge in [-0.25, -0.2) is 8.78 Å². The van der Waals surface area contributed by atoms with Gasteiger partial charge in [-0.2, -0.15) is 0 Å². The van der Waals surface area contributed by atoms with Crippen molar-refractivity contribution in [2.45, 2.75) is 44.7 Å². The fourth-order valence-corrected chi connectivity index (χ4v) is 4.82. The van der Waals surface area contributed by atoms with Gasteiger partial charge in [0.25, 0.3) is 5.91 Å². The van der Waals surface area contributed by atoms with Gasteiger partial charge in [-0.1, -0.05) is 18.5 Å². The predicted octanol–water partition coefficient (Wildman–Crippen LogP) is 3.31. The Morgan fingerprint density at radius 3 is 2.71 bits per heavy atom. The largest absolute Gasteiger partial charge is 0.481 e. The molecule has 2 aromatic rings. The number of amides is 1. The number of rotatable bonds is 5. The zero-order valence-electron chi connectivity index (χ0n) is 17.2. The highest BCUT2D eigenvalue weighted by molar-refractivity contribution is 5.93. The van der Waals surface area contributed by atoms with E-state index in [9.17, 15) is 23.5 Å². The van der Waals surface area contributed by atoms with Gasteiger partial charge < -0.3 is 14.9 Å². The first kappa shape index (κ1) is 21.4. The van der Waals surface area contributed by atoms with Crippen LogP contribution in [-0.4, -0.2) is 52.2 Å². The average Bonchev–Trinajstić information content (AvgIpc) is 3.37. The van der Waals surface area contributed by atoms with Gasteiger partial charge in [-0.3, -0.25) is 14.5 Å². The quantitative estimate of drug-likeness (QED) is 0.751. The molecule has 1 aromatic heterocycles. The number of carbonyl (C=O) groups excluding carboxylic acids is 1. The van der Waals surface area contributed by atoms with Crippen molar-refractivity contribution in [3.05, 3.63) is 41.7 Å². The molecule has 4 atom stereocenters. The van der Waals surface area contributed by atoms with Gasteiger partial charge in [0.1, 0.15) is 17.3 Å². The molecule has 2 heterocycles. The fraction of sp³-hybridized carbons (Fsp3) is 0.500. The van der Waals surface area contributed by atoms with Gasteiger partial charge >= 0.3 is 5.97 Å².